The zero-order valence-corrected chi connectivity index (χ0v) is 14.9. The standard InChI is InChI=1S/C19H18N4O5/c24-14(12-23-21-18(20-22-23)10-11-19(25)26)13-27-15-6-8-17(9-7-15)28-16-4-2-1-3-5-16/h1-9H,10-13H2,(H,25,26). The van der Waals surface area contributed by atoms with Gasteiger partial charge in [0.15, 0.2) is 11.6 Å². The largest absolute Gasteiger partial charge is 0.486 e. The van der Waals surface area contributed by atoms with Gasteiger partial charge in [0.25, 0.3) is 0 Å². The van der Waals surface area contributed by atoms with Gasteiger partial charge < -0.3 is 14.6 Å². The van der Waals surface area contributed by atoms with E-state index in [9.17, 15) is 9.59 Å². The van der Waals surface area contributed by atoms with Crippen LogP contribution in [0, 0.1) is 0 Å². The summed E-state index contributed by atoms with van der Waals surface area (Å²) < 4.78 is 11.1. The molecule has 0 fully saturated rings. The van der Waals surface area contributed by atoms with E-state index in [4.69, 9.17) is 14.6 Å². The molecule has 0 aliphatic heterocycles. The van der Waals surface area contributed by atoms with E-state index in [1.165, 1.54) is 0 Å². The molecule has 9 nitrogen and oxygen atoms in total. The topological polar surface area (TPSA) is 116 Å². The van der Waals surface area contributed by atoms with Crippen molar-refractivity contribution >= 4 is 11.8 Å². The van der Waals surface area contributed by atoms with E-state index in [0.29, 0.717) is 11.5 Å². The van der Waals surface area contributed by atoms with Crippen molar-refractivity contribution in [2.75, 3.05) is 6.61 Å². The number of carboxylic acid groups (broad SMARTS) is 1. The lowest BCUT2D eigenvalue weighted by atomic mass is 10.3. The maximum atomic E-state index is 12.0. The van der Waals surface area contributed by atoms with E-state index in [-0.39, 0.29) is 37.6 Å². The molecular formula is C19H18N4O5. The Labute approximate surface area is 160 Å². The molecule has 1 aromatic heterocycles. The molecule has 0 unspecified atom stereocenters. The van der Waals surface area contributed by atoms with E-state index < -0.39 is 5.97 Å². The SMILES string of the molecule is O=C(O)CCc1nnn(CC(=O)COc2ccc(Oc3ccccc3)cc2)n1. The maximum Gasteiger partial charge on any atom is 0.303 e. The summed E-state index contributed by atoms with van der Waals surface area (Å²) in [5.41, 5.74) is 0. The zero-order valence-electron chi connectivity index (χ0n) is 14.9. The number of ether oxygens (including phenoxy) is 2. The first kappa shape index (κ1) is 19.0. The minimum absolute atomic E-state index is 0.0905. The van der Waals surface area contributed by atoms with Crippen molar-refractivity contribution in [3.63, 3.8) is 0 Å². The molecule has 0 atom stereocenters. The van der Waals surface area contributed by atoms with E-state index in [0.717, 1.165) is 10.5 Å². The number of aliphatic carboxylic acids is 1. The van der Waals surface area contributed by atoms with Crippen molar-refractivity contribution in [3.05, 3.63) is 60.4 Å². The highest BCUT2D eigenvalue weighted by Gasteiger charge is 2.10. The number of nitrogens with zero attached hydrogens (tertiary/aromatic N) is 4. The van der Waals surface area contributed by atoms with Gasteiger partial charge in [-0.15, -0.1) is 10.2 Å². The minimum atomic E-state index is -0.944. The smallest absolute Gasteiger partial charge is 0.303 e. The summed E-state index contributed by atoms with van der Waals surface area (Å²) in [4.78, 5) is 23.6. The van der Waals surface area contributed by atoms with E-state index in [2.05, 4.69) is 15.4 Å². The van der Waals surface area contributed by atoms with Gasteiger partial charge in [-0.1, -0.05) is 18.2 Å². The molecule has 1 N–H and O–H groups in total. The van der Waals surface area contributed by atoms with Crippen molar-refractivity contribution < 1.29 is 24.2 Å². The third-order valence-electron chi connectivity index (χ3n) is 3.58. The normalized spacial score (nSPS) is 10.4. The van der Waals surface area contributed by atoms with Crippen LogP contribution in [0.15, 0.2) is 54.6 Å². The maximum absolute atomic E-state index is 12.0. The number of carboxylic acids is 1. The van der Waals surface area contributed by atoms with Gasteiger partial charge in [-0.2, -0.15) is 4.80 Å². The lowest BCUT2D eigenvalue weighted by Crippen LogP contribution is -2.19. The van der Waals surface area contributed by atoms with Gasteiger partial charge >= 0.3 is 5.97 Å². The van der Waals surface area contributed by atoms with Gasteiger partial charge in [-0.3, -0.25) is 9.59 Å². The van der Waals surface area contributed by atoms with Gasteiger partial charge in [0.05, 0.1) is 6.42 Å². The highest BCUT2D eigenvalue weighted by Crippen LogP contribution is 2.23. The van der Waals surface area contributed by atoms with Gasteiger partial charge in [0.2, 0.25) is 0 Å². The Bertz CT molecular complexity index is 925. The molecule has 0 saturated heterocycles. The molecule has 0 aliphatic carbocycles. The number of aromatic nitrogens is 4. The number of ketones is 1. The molecular weight excluding hydrogens is 364 g/mol. The van der Waals surface area contributed by atoms with Gasteiger partial charge in [-0.25, -0.2) is 0 Å². The third kappa shape index (κ3) is 5.90. The average Bonchev–Trinajstić information content (AvgIpc) is 3.14. The van der Waals surface area contributed by atoms with Crippen molar-refractivity contribution in [1.82, 2.24) is 20.2 Å². The second-order valence-corrected chi connectivity index (χ2v) is 5.84. The Balaban J connectivity index is 1.45. The monoisotopic (exact) mass is 382 g/mol. The Morgan fingerprint density at radius 2 is 1.64 bits per heavy atom. The number of para-hydroxylation sites is 1. The third-order valence-corrected chi connectivity index (χ3v) is 3.58. The van der Waals surface area contributed by atoms with Crippen LogP contribution in [0.4, 0.5) is 0 Å². The molecule has 9 heteroatoms. The van der Waals surface area contributed by atoms with Crippen LogP contribution in [-0.4, -0.2) is 43.7 Å². The van der Waals surface area contributed by atoms with Crippen LogP contribution in [0.5, 0.6) is 17.2 Å². The first-order chi connectivity index (χ1) is 13.6. The van der Waals surface area contributed by atoms with Crippen molar-refractivity contribution in [3.8, 4) is 17.2 Å². The molecule has 28 heavy (non-hydrogen) atoms. The second-order valence-electron chi connectivity index (χ2n) is 5.84. The fourth-order valence-corrected chi connectivity index (χ4v) is 2.26. The van der Waals surface area contributed by atoms with Crippen LogP contribution in [0.1, 0.15) is 12.2 Å². The highest BCUT2D eigenvalue weighted by molar-refractivity contribution is 5.79. The highest BCUT2D eigenvalue weighted by atomic mass is 16.5. The Morgan fingerprint density at radius 1 is 0.964 bits per heavy atom. The molecule has 0 bridgehead atoms. The Morgan fingerprint density at radius 3 is 2.36 bits per heavy atom. The molecule has 1 heterocycles. The lowest BCUT2D eigenvalue weighted by molar-refractivity contribution is -0.137. The summed E-state index contributed by atoms with van der Waals surface area (Å²) in [6.07, 6.45) is 0.0736. The summed E-state index contributed by atoms with van der Waals surface area (Å²) in [5.74, 6) is 1.01. The first-order valence-electron chi connectivity index (χ1n) is 8.54. The first-order valence-corrected chi connectivity index (χ1v) is 8.54. The predicted molar refractivity (Wildman–Crippen MR) is 97.2 cm³/mol. The Hall–Kier alpha value is -3.75. The number of Topliss-reactive ketones (excluding diaryl/α,β-unsaturated/α-hetero) is 1. The number of hydrogen-bond donors (Lipinski definition) is 1. The zero-order chi connectivity index (χ0) is 19.8. The quantitative estimate of drug-likeness (QED) is 0.567. The molecule has 0 aliphatic rings. The fraction of sp³-hybridized carbons (Fsp3) is 0.211. The molecule has 0 radical (unpaired) electrons. The number of tetrazole rings is 1. The van der Waals surface area contributed by atoms with Crippen LogP contribution < -0.4 is 9.47 Å². The number of rotatable bonds is 10. The minimum Gasteiger partial charge on any atom is -0.486 e. The molecule has 0 saturated carbocycles. The number of hydrogen-bond acceptors (Lipinski definition) is 7. The summed E-state index contributed by atoms with van der Waals surface area (Å²) in [5, 5.41) is 20.0. The second kappa shape index (κ2) is 9.26. The van der Waals surface area contributed by atoms with Crippen LogP contribution >= 0.6 is 0 Å². The average molecular weight is 382 g/mol. The molecule has 3 aromatic rings. The lowest BCUT2D eigenvalue weighted by Gasteiger charge is -2.08. The van der Waals surface area contributed by atoms with Crippen molar-refractivity contribution in [1.29, 1.82) is 0 Å². The predicted octanol–water partition coefficient (Wildman–Crippen LogP) is 2.13. The summed E-state index contributed by atoms with van der Waals surface area (Å²) >= 11 is 0. The number of carbonyl (C=O) groups excluding carboxylic acids is 1. The van der Waals surface area contributed by atoms with Crippen LogP contribution in [-0.2, 0) is 22.6 Å². The fourth-order valence-electron chi connectivity index (χ4n) is 2.26. The van der Waals surface area contributed by atoms with E-state index >= 15 is 0 Å². The summed E-state index contributed by atoms with van der Waals surface area (Å²) in [6.45, 7) is -0.250. The summed E-state index contributed by atoms with van der Waals surface area (Å²) in [6, 6.07) is 16.3. The van der Waals surface area contributed by atoms with Crippen molar-refractivity contribution in [2.45, 2.75) is 19.4 Å². The van der Waals surface area contributed by atoms with Crippen LogP contribution in [0.3, 0.4) is 0 Å². The van der Waals surface area contributed by atoms with Crippen molar-refractivity contribution in [2.24, 2.45) is 0 Å². The van der Waals surface area contributed by atoms with Gasteiger partial charge in [-0.05, 0) is 41.6 Å². The Kier molecular flexibility index (Phi) is 6.29. The molecule has 3 rings (SSSR count). The van der Waals surface area contributed by atoms with Crippen LogP contribution in [0.25, 0.3) is 0 Å². The van der Waals surface area contributed by atoms with E-state index in [1.54, 1.807) is 24.3 Å². The van der Waals surface area contributed by atoms with Gasteiger partial charge in [0, 0.05) is 6.42 Å². The molecule has 0 amide bonds. The number of carbonyl (C=O) groups is 2. The molecule has 0 spiro atoms. The van der Waals surface area contributed by atoms with Gasteiger partial charge in [0.1, 0.15) is 30.4 Å². The van der Waals surface area contributed by atoms with E-state index in [1.807, 2.05) is 30.3 Å². The van der Waals surface area contributed by atoms with Crippen LogP contribution in [0.2, 0.25) is 0 Å². The summed E-state index contributed by atoms with van der Waals surface area (Å²) in [7, 11) is 0. The number of benzene rings is 2. The number of aryl methyl sites for hydroxylation is 1. The molecule has 2 aromatic carbocycles. The molecule has 144 valence electrons.